The molecule has 0 spiro atoms. The minimum Gasteiger partial charge on any atom is -0.484 e. The number of nitrogens with one attached hydrogen (secondary N) is 1. The summed E-state index contributed by atoms with van der Waals surface area (Å²) in [4.78, 5) is 14.4. The highest BCUT2D eigenvalue weighted by Crippen LogP contribution is 2.17. The first-order chi connectivity index (χ1) is 11.1. The number of rotatable bonds is 7. The molecule has 1 aliphatic heterocycles. The normalized spacial score (nSPS) is 18.7. The van der Waals surface area contributed by atoms with E-state index >= 15 is 0 Å². The molecule has 0 radical (unpaired) electrons. The van der Waals surface area contributed by atoms with Gasteiger partial charge in [-0.3, -0.25) is 4.79 Å². The van der Waals surface area contributed by atoms with Crippen LogP contribution in [0.3, 0.4) is 0 Å². The van der Waals surface area contributed by atoms with Gasteiger partial charge in [-0.15, -0.1) is 0 Å². The van der Waals surface area contributed by atoms with E-state index in [1.165, 1.54) is 36.9 Å². The summed E-state index contributed by atoms with van der Waals surface area (Å²) in [5, 5.41) is 2.94. The molecule has 2 rings (SSSR count). The number of benzene rings is 1. The first kappa shape index (κ1) is 17.8. The number of ether oxygens (including phenoxy) is 1. The van der Waals surface area contributed by atoms with Gasteiger partial charge in [0.2, 0.25) is 0 Å². The van der Waals surface area contributed by atoms with Gasteiger partial charge in [0.05, 0.1) is 0 Å². The van der Waals surface area contributed by atoms with Gasteiger partial charge in [-0.1, -0.05) is 12.5 Å². The van der Waals surface area contributed by atoms with Gasteiger partial charge in [-0.2, -0.15) is 0 Å². The van der Waals surface area contributed by atoms with Crippen LogP contribution in [-0.4, -0.2) is 43.1 Å². The zero-order chi connectivity index (χ0) is 16.7. The molecule has 1 aromatic carbocycles. The highest BCUT2D eigenvalue weighted by Gasteiger charge is 2.17. The Morgan fingerprint density at radius 3 is 2.87 bits per heavy atom. The number of nitrogens with zero attached hydrogens (tertiary/aromatic N) is 1. The molecule has 1 aromatic rings. The Hall–Kier alpha value is -1.55. The molecule has 1 unspecified atom stereocenters. The lowest BCUT2D eigenvalue weighted by Crippen LogP contribution is -2.39. The summed E-state index contributed by atoms with van der Waals surface area (Å²) < 4.78 is 5.55. The van der Waals surface area contributed by atoms with Crippen LogP contribution in [0.4, 0.5) is 0 Å². The van der Waals surface area contributed by atoms with Crippen LogP contribution in [0.2, 0.25) is 0 Å². The van der Waals surface area contributed by atoms with Crippen LogP contribution < -0.4 is 10.1 Å². The minimum atomic E-state index is -0.0464. The summed E-state index contributed by atoms with van der Waals surface area (Å²) >= 11 is 0. The first-order valence-electron chi connectivity index (χ1n) is 8.77. The molecule has 1 saturated heterocycles. The van der Waals surface area contributed by atoms with Gasteiger partial charge in [0.25, 0.3) is 5.91 Å². The van der Waals surface area contributed by atoms with Gasteiger partial charge in [-0.25, -0.2) is 0 Å². The van der Waals surface area contributed by atoms with Gasteiger partial charge in [0, 0.05) is 19.1 Å². The zero-order valence-corrected chi connectivity index (χ0v) is 14.7. The topological polar surface area (TPSA) is 41.6 Å². The van der Waals surface area contributed by atoms with Crippen molar-refractivity contribution in [2.45, 2.75) is 52.5 Å². The third kappa shape index (κ3) is 5.87. The second-order valence-electron chi connectivity index (χ2n) is 6.62. The number of carbonyl (C=O) groups is 1. The maximum atomic E-state index is 11.8. The first-order valence-corrected chi connectivity index (χ1v) is 8.77. The predicted molar refractivity (Wildman–Crippen MR) is 93.9 cm³/mol. The molecule has 1 amide bonds. The lowest BCUT2D eigenvalue weighted by Gasteiger charge is -2.33. The lowest BCUT2D eigenvalue weighted by molar-refractivity contribution is -0.123. The Labute approximate surface area is 140 Å². The van der Waals surface area contributed by atoms with E-state index < -0.39 is 0 Å². The van der Waals surface area contributed by atoms with Gasteiger partial charge < -0.3 is 15.0 Å². The van der Waals surface area contributed by atoms with Crippen LogP contribution in [0.15, 0.2) is 18.2 Å². The fourth-order valence-electron chi connectivity index (χ4n) is 3.00. The van der Waals surface area contributed by atoms with Crippen molar-refractivity contribution in [3.05, 3.63) is 29.3 Å². The van der Waals surface area contributed by atoms with Gasteiger partial charge >= 0.3 is 0 Å². The average molecular weight is 318 g/mol. The number of amides is 1. The van der Waals surface area contributed by atoms with Gasteiger partial charge in [0.15, 0.2) is 6.61 Å². The second kappa shape index (κ2) is 8.92. The number of likely N-dealkylation sites (tertiary alicyclic amines) is 1. The highest BCUT2D eigenvalue weighted by atomic mass is 16.5. The van der Waals surface area contributed by atoms with Crippen LogP contribution in [0.1, 0.15) is 43.7 Å². The standard InChI is InChI=1S/C19H30N2O2/c1-15-8-9-18(13-16(15)2)23-14-19(22)20-10-6-12-21-11-5-4-7-17(21)3/h8-9,13,17H,4-7,10-12,14H2,1-3H3,(H,20,22). The molecule has 1 heterocycles. The van der Waals surface area contributed by atoms with E-state index in [1.807, 2.05) is 25.1 Å². The van der Waals surface area contributed by atoms with E-state index in [1.54, 1.807) is 0 Å². The van der Waals surface area contributed by atoms with Gasteiger partial charge in [-0.05, 0) is 69.8 Å². The van der Waals surface area contributed by atoms with Crippen molar-refractivity contribution in [3.63, 3.8) is 0 Å². The van der Waals surface area contributed by atoms with E-state index in [2.05, 4.69) is 24.1 Å². The summed E-state index contributed by atoms with van der Waals surface area (Å²) in [6.45, 7) is 9.49. The molecule has 0 aliphatic carbocycles. The summed E-state index contributed by atoms with van der Waals surface area (Å²) in [6, 6.07) is 6.59. The molecule has 1 aliphatic rings. The molecule has 1 fully saturated rings. The van der Waals surface area contributed by atoms with Crippen molar-refractivity contribution in [3.8, 4) is 5.75 Å². The second-order valence-corrected chi connectivity index (χ2v) is 6.62. The Kier molecular flexibility index (Phi) is 6.90. The van der Waals surface area contributed by atoms with Crippen LogP contribution in [0.5, 0.6) is 5.75 Å². The highest BCUT2D eigenvalue weighted by molar-refractivity contribution is 5.77. The zero-order valence-electron chi connectivity index (χ0n) is 14.7. The fraction of sp³-hybridized carbons (Fsp3) is 0.632. The molecule has 1 atom stereocenters. The number of aryl methyl sites for hydroxylation is 2. The van der Waals surface area contributed by atoms with Gasteiger partial charge in [0.1, 0.15) is 5.75 Å². The van der Waals surface area contributed by atoms with E-state index in [4.69, 9.17) is 4.74 Å². The van der Waals surface area contributed by atoms with Crippen molar-refractivity contribution in [1.29, 1.82) is 0 Å². The Balaban J connectivity index is 1.60. The maximum absolute atomic E-state index is 11.8. The molecule has 1 N–H and O–H groups in total. The summed E-state index contributed by atoms with van der Waals surface area (Å²) in [5.74, 6) is 0.709. The predicted octanol–water partition coefficient (Wildman–Crippen LogP) is 3.06. The molecule has 4 heteroatoms. The van der Waals surface area contributed by atoms with E-state index in [-0.39, 0.29) is 12.5 Å². The fourth-order valence-corrected chi connectivity index (χ4v) is 3.00. The van der Waals surface area contributed by atoms with Crippen molar-refractivity contribution < 1.29 is 9.53 Å². The maximum Gasteiger partial charge on any atom is 0.257 e. The van der Waals surface area contributed by atoms with Crippen LogP contribution in [0.25, 0.3) is 0 Å². The smallest absolute Gasteiger partial charge is 0.257 e. The lowest BCUT2D eigenvalue weighted by atomic mass is 10.0. The number of carbonyl (C=O) groups excluding carboxylic acids is 1. The van der Waals surface area contributed by atoms with Crippen LogP contribution in [-0.2, 0) is 4.79 Å². The molecule has 4 nitrogen and oxygen atoms in total. The van der Waals surface area contributed by atoms with Crippen LogP contribution in [0, 0.1) is 13.8 Å². The molecule has 0 aromatic heterocycles. The average Bonchev–Trinajstić information content (AvgIpc) is 2.54. The largest absolute Gasteiger partial charge is 0.484 e. The summed E-state index contributed by atoms with van der Waals surface area (Å²) in [5.41, 5.74) is 2.41. The molecular formula is C19H30N2O2. The Morgan fingerprint density at radius 2 is 2.13 bits per heavy atom. The van der Waals surface area contributed by atoms with Crippen molar-refractivity contribution in [2.75, 3.05) is 26.2 Å². The summed E-state index contributed by atoms with van der Waals surface area (Å²) in [7, 11) is 0. The third-order valence-corrected chi connectivity index (χ3v) is 4.73. The van der Waals surface area contributed by atoms with Crippen LogP contribution >= 0.6 is 0 Å². The number of piperidine rings is 1. The molecular weight excluding hydrogens is 288 g/mol. The van der Waals surface area contributed by atoms with Crippen molar-refractivity contribution in [2.24, 2.45) is 0 Å². The number of hydrogen-bond acceptors (Lipinski definition) is 3. The molecule has 23 heavy (non-hydrogen) atoms. The van der Waals surface area contributed by atoms with E-state index in [0.717, 1.165) is 25.3 Å². The monoisotopic (exact) mass is 318 g/mol. The SMILES string of the molecule is Cc1ccc(OCC(=O)NCCCN2CCCCC2C)cc1C. The molecule has 0 bridgehead atoms. The quantitative estimate of drug-likeness (QED) is 0.786. The summed E-state index contributed by atoms with van der Waals surface area (Å²) in [6.07, 6.45) is 4.96. The number of hydrogen-bond donors (Lipinski definition) is 1. The molecule has 0 saturated carbocycles. The minimum absolute atomic E-state index is 0.0464. The van der Waals surface area contributed by atoms with Crippen molar-refractivity contribution in [1.82, 2.24) is 10.2 Å². The Bertz CT molecular complexity index is 516. The van der Waals surface area contributed by atoms with Crippen molar-refractivity contribution >= 4 is 5.91 Å². The van der Waals surface area contributed by atoms with E-state index in [0.29, 0.717) is 6.04 Å². The Morgan fingerprint density at radius 1 is 1.30 bits per heavy atom. The van der Waals surface area contributed by atoms with E-state index in [9.17, 15) is 4.79 Å². The third-order valence-electron chi connectivity index (χ3n) is 4.73. The molecule has 128 valence electrons.